The molecule has 4 rings (SSSR count). The molecule has 1 aliphatic carbocycles. The summed E-state index contributed by atoms with van der Waals surface area (Å²) in [5.41, 5.74) is 2.95. The van der Waals surface area contributed by atoms with Crippen molar-refractivity contribution in [2.24, 2.45) is 5.92 Å². The van der Waals surface area contributed by atoms with Crippen LogP contribution in [-0.2, 0) is 6.54 Å². The number of hydrogen-bond acceptors (Lipinski definition) is 3. The van der Waals surface area contributed by atoms with Crippen molar-refractivity contribution in [1.82, 2.24) is 20.0 Å². The highest BCUT2D eigenvalue weighted by atomic mass is 15.4. The largest absolute Gasteiger partial charge is 0.256 e. The SMILES string of the molecule is c1cnc2c(-c3cn(CC4CC4)nn3)cccc2c1. The maximum Gasteiger partial charge on any atom is 0.115 e. The number of para-hydroxylation sites is 1. The van der Waals surface area contributed by atoms with Crippen LogP contribution in [0.4, 0.5) is 0 Å². The first-order valence-corrected chi connectivity index (χ1v) is 6.64. The lowest BCUT2D eigenvalue weighted by molar-refractivity contribution is 0.544. The van der Waals surface area contributed by atoms with Gasteiger partial charge in [-0.25, -0.2) is 0 Å². The Bertz CT molecular complexity index is 722. The fraction of sp³-hybridized carbons (Fsp3) is 0.267. The lowest BCUT2D eigenvalue weighted by Gasteiger charge is -2.01. The predicted octanol–water partition coefficient (Wildman–Crippen LogP) is 2.90. The summed E-state index contributed by atoms with van der Waals surface area (Å²) in [7, 11) is 0. The van der Waals surface area contributed by atoms with Crippen molar-refractivity contribution in [3.05, 3.63) is 42.7 Å². The van der Waals surface area contributed by atoms with Crippen molar-refractivity contribution in [2.45, 2.75) is 19.4 Å². The van der Waals surface area contributed by atoms with Crippen LogP contribution in [0.3, 0.4) is 0 Å². The molecule has 2 aromatic heterocycles. The lowest BCUT2D eigenvalue weighted by Crippen LogP contribution is -1.99. The Kier molecular flexibility index (Phi) is 2.33. The summed E-state index contributed by atoms with van der Waals surface area (Å²) >= 11 is 0. The first kappa shape index (κ1) is 10.7. The molecular formula is C15H14N4. The number of rotatable bonds is 3. The summed E-state index contributed by atoms with van der Waals surface area (Å²) in [4.78, 5) is 4.46. The van der Waals surface area contributed by atoms with Crippen molar-refractivity contribution >= 4 is 10.9 Å². The van der Waals surface area contributed by atoms with E-state index in [-0.39, 0.29) is 0 Å². The molecule has 94 valence electrons. The van der Waals surface area contributed by atoms with Crippen LogP contribution < -0.4 is 0 Å². The Morgan fingerprint density at radius 3 is 2.95 bits per heavy atom. The first-order chi connectivity index (χ1) is 9.40. The third-order valence-corrected chi connectivity index (χ3v) is 3.59. The zero-order valence-electron chi connectivity index (χ0n) is 10.5. The highest BCUT2D eigenvalue weighted by Crippen LogP contribution is 2.31. The summed E-state index contributed by atoms with van der Waals surface area (Å²) in [6, 6.07) is 10.2. The fourth-order valence-electron chi connectivity index (χ4n) is 2.39. The van der Waals surface area contributed by atoms with Gasteiger partial charge in [-0.15, -0.1) is 5.10 Å². The molecule has 1 fully saturated rings. The highest BCUT2D eigenvalue weighted by Gasteiger charge is 2.22. The zero-order valence-corrected chi connectivity index (χ0v) is 10.5. The van der Waals surface area contributed by atoms with E-state index in [2.05, 4.69) is 33.5 Å². The quantitative estimate of drug-likeness (QED) is 0.718. The summed E-state index contributed by atoms with van der Waals surface area (Å²) in [6.07, 6.45) is 6.50. The Hall–Kier alpha value is -2.23. The molecule has 1 saturated carbocycles. The maximum atomic E-state index is 4.46. The van der Waals surface area contributed by atoms with Crippen LogP contribution in [0.15, 0.2) is 42.7 Å². The second-order valence-electron chi connectivity index (χ2n) is 5.15. The van der Waals surface area contributed by atoms with E-state index in [1.807, 2.05) is 29.2 Å². The molecule has 0 spiro atoms. The van der Waals surface area contributed by atoms with Crippen molar-refractivity contribution < 1.29 is 0 Å². The van der Waals surface area contributed by atoms with Crippen LogP contribution >= 0.6 is 0 Å². The topological polar surface area (TPSA) is 43.6 Å². The van der Waals surface area contributed by atoms with Crippen molar-refractivity contribution in [1.29, 1.82) is 0 Å². The van der Waals surface area contributed by atoms with E-state index in [4.69, 9.17) is 0 Å². The molecule has 4 nitrogen and oxygen atoms in total. The lowest BCUT2D eigenvalue weighted by atomic mass is 10.1. The van der Waals surface area contributed by atoms with Crippen molar-refractivity contribution in [3.8, 4) is 11.3 Å². The van der Waals surface area contributed by atoms with E-state index >= 15 is 0 Å². The Morgan fingerprint density at radius 2 is 2.05 bits per heavy atom. The molecule has 0 unspecified atom stereocenters. The van der Waals surface area contributed by atoms with Gasteiger partial charge in [0.2, 0.25) is 0 Å². The third-order valence-electron chi connectivity index (χ3n) is 3.59. The van der Waals surface area contributed by atoms with E-state index in [0.29, 0.717) is 0 Å². The minimum atomic E-state index is 0.806. The number of hydrogen-bond donors (Lipinski definition) is 0. The maximum absolute atomic E-state index is 4.46. The second kappa shape index (κ2) is 4.16. The van der Waals surface area contributed by atoms with Gasteiger partial charge in [0.15, 0.2) is 0 Å². The summed E-state index contributed by atoms with van der Waals surface area (Å²) in [5.74, 6) is 0.806. The van der Waals surface area contributed by atoms with Gasteiger partial charge in [-0.1, -0.05) is 29.5 Å². The zero-order chi connectivity index (χ0) is 12.7. The van der Waals surface area contributed by atoms with Gasteiger partial charge >= 0.3 is 0 Å². The number of aromatic nitrogens is 4. The van der Waals surface area contributed by atoms with Crippen LogP contribution in [0, 0.1) is 5.92 Å². The van der Waals surface area contributed by atoms with Crippen molar-refractivity contribution in [2.75, 3.05) is 0 Å². The monoisotopic (exact) mass is 250 g/mol. The van der Waals surface area contributed by atoms with Gasteiger partial charge in [0.05, 0.1) is 11.7 Å². The number of fused-ring (bicyclic) bond motifs is 1. The van der Waals surface area contributed by atoms with Gasteiger partial charge in [-0.05, 0) is 24.8 Å². The molecule has 0 radical (unpaired) electrons. The first-order valence-electron chi connectivity index (χ1n) is 6.64. The fourth-order valence-corrected chi connectivity index (χ4v) is 2.39. The predicted molar refractivity (Wildman–Crippen MR) is 73.5 cm³/mol. The second-order valence-corrected chi connectivity index (χ2v) is 5.15. The van der Waals surface area contributed by atoms with E-state index in [9.17, 15) is 0 Å². The van der Waals surface area contributed by atoms with Gasteiger partial charge in [0.25, 0.3) is 0 Å². The minimum absolute atomic E-state index is 0.806. The average molecular weight is 250 g/mol. The van der Waals surface area contributed by atoms with Gasteiger partial charge in [-0.2, -0.15) is 0 Å². The molecule has 0 N–H and O–H groups in total. The Morgan fingerprint density at radius 1 is 1.16 bits per heavy atom. The molecular weight excluding hydrogens is 236 g/mol. The molecule has 0 bridgehead atoms. The van der Waals surface area contributed by atoms with Gasteiger partial charge in [0, 0.05) is 23.7 Å². The number of benzene rings is 1. The Balaban J connectivity index is 1.78. The van der Waals surface area contributed by atoms with Crippen LogP contribution in [-0.4, -0.2) is 20.0 Å². The van der Waals surface area contributed by atoms with E-state index < -0.39 is 0 Å². The number of nitrogens with zero attached hydrogens (tertiary/aromatic N) is 4. The molecule has 0 aliphatic heterocycles. The summed E-state index contributed by atoms with van der Waals surface area (Å²) in [5, 5.41) is 9.64. The van der Waals surface area contributed by atoms with Gasteiger partial charge in [0.1, 0.15) is 5.69 Å². The van der Waals surface area contributed by atoms with Crippen molar-refractivity contribution in [3.63, 3.8) is 0 Å². The Labute approximate surface area is 111 Å². The molecule has 2 heterocycles. The molecule has 1 aliphatic rings. The third kappa shape index (κ3) is 1.99. The molecule has 0 atom stereocenters. The molecule has 0 saturated heterocycles. The average Bonchev–Trinajstić information content (AvgIpc) is 3.14. The van der Waals surface area contributed by atoms with Gasteiger partial charge in [-0.3, -0.25) is 9.67 Å². The van der Waals surface area contributed by atoms with E-state index in [1.54, 1.807) is 0 Å². The molecule has 3 aromatic rings. The molecule has 4 heteroatoms. The van der Waals surface area contributed by atoms with Crippen LogP contribution in [0.2, 0.25) is 0 Å². The van der Waals surface area contributed by atoms with Crippen LogP contribution in [0.5, 0.6) is 0 Å². The van der Waals surface area contributed by atoms with Crippen LogP contribution in [0.25, 0.3) is 22.2 Å². The smallest absolute Gasteiger partial charge is 0.115 e. The molecule has 19 heavy (non-hydrogen) atoms. The standard InChI is InChI=1S/C15H14N4/c1-3-12-4-2-8-16-15(12)13(5-1)14-10-19(18-17-14)9-11-6-7-11/h1-5,8,10-11H,6-7,9H2. The minimum Gasteiger partial charge on any atom is -0.256 e. The number of pyridine rings is 1. The van der Waals surface area contributed by atoms with E-state index in [0.717, 1.165) is 34.6 Å². The molecule has 1 aromatic carbocycles. The normalized spacial score (nSPS) is 14.9. The van der Waals surface area contributed by atoms with E-state index in [1.165, 1.54) is 12.8 Å². The highest BCUT2D eigenvalue weighted by molar-refractivity contribution is 5.92. The van der Waals surface area contributed by atoms with Gasteiger partial charge < -0.3 is 0 Å². The summed E-state index contributed by atoms with van der Waals surface area (Å²) in [6.45, 7) is 0.991. The summed E-state index contributed by atoms with van der Waals surface area (Å²) < 4.78 is 1.95. The van der Waals surface area contributed by atoms with Crippen LogP contribution in [0.1, 0.15) is 12.8 Å². The molecule has 0 amide bonds.